The van der Waals surface area contributed by atoms with E-state index in [2.05, 4.69) is 21.2 Å². The fourth-order valence-corrected chi connectivity index (χ4v) is 1.72. The molecule has 1 aromatic carbocycles. The molecule has 94 valence electrons. The highest BCUT2D eigenvalue weighted by atomic mass is 79.9. The van der Waals surface area contributed by atoms with Gasteiger partial charge in [-0.05, 0) is 24.6 Å². The molecule has 4 nitrogen and oxygen atoms in total. The third kappa shape index (κ3) is 4.11. The van der Waals surface area contributed by atoms with E-state index < -0.39 is 6.10 Å². The van der Waals surface area contributed by atoms with E-state index in [1.165, 1.54) is 7.11 Å². The van der Waals surface area contributed by atoms with Gasteiger partial charge < -0.3 is 15.8 Å². The minimum atomic E-state index is -0.590. The van der Waals surface area contributed by atoms with Gasteiger partial charge in [-0.2, -0.15) is 0 Å². The van der Waals surface area contributed by atoms with Crippen molar-refractivity contribution in [1.82, 2.24) is 5.32 Å². The van der Waals surface area contributed by atoms with Crippen molar-refractivity contribution in [3.8, 4) is 0 Å². The summed E-state index contributed by atoms with van der Waals surface area (Å²) >= 11 is 3.37. The third-order valence-corrected chi connectivity index (χ3v) is 3.05. The van der Waals surface area contributed by atoms with Crippen molar-refractivity contribution in [2.45, 2.75) is 19.1 Å². The molecule has 0 aliphatic rings. The van der Waals surface area contributed by atoms with Crippen LogP contribution in [0.15, 0.2) is 28.7 Å². The maximum absolute atomic E-state index is 11.7. The summed E-state index contributed by atoms with van der Waals surface area (Å²) in [5, 5.41) is 2.86. The van der Waals surface area contributed by atoms with Gasteiger partial charge in [-0.3, -0.25) is 4.79 Å². The number of hydrogen-bond acceptors (Lipinski definition) is 3. The molecule has 0 spiro atoms. The minimum absolute atomic E-state index is 0.0696. The van der Waals surface area contributed by atoms with Crippen LogP contribution >= 0.6 is 15.9 Å². The van der Waals surface area contributed by atoms with E-state index >= 15 is 0 Å². The summed E-state index contributed by atoms with van der Waals surface area (Å²) in [6, 6.07) is 7.72. The van der Waals surface area contributed by atoms with Crippen molar-refractivity contribution in [2.24, 2.45) is 5.73 Å². The lowest BCUT2D eigenvalue weighted by atomic mass is 10.1. The predicted molar refractivity (Wildman–Crippen MR) is 70.6 cm³/mol. The number of amides is 1. The molecule has 0 radical (unpaired) electrons. The van der Waals surface area contributed by atoms with Gasteiger partial charge in [-0.15, -0.1) is 0 Å². The first kappa shape index (κ1) is 14.2. The summed E-state index contributed by atoms with van der Waals surface area (Å²) in [5.74, 6) is -0.189. The molecule has 0 heterocycles. The van der Waals surface area contributed by atoms with Crippen molar-refractivity contribution in [2.75, 3.05) is 13.7 Å². The minimum Gasteiger partial charge on any atom is -0.370 e. The molecule has 0 saturated carbocycles. The lowest BCUT2D eigenvalue weighted by molar-refractivity contribution is -0.131. The second-order valence-electron chi connectivity index (χ2n) is 3.74. The summed E-state index contributed by atoms with van der Waals surface area (Å²) in [5.41, 5.74) is 6.46. The number of carbonyl (C=O) groups is 1. The first-order valence-electron chi connectivity index (χ1n) is 5.37. The Morgan fingerprint density at radius 2 is 2.06 bits per heavy atom. The lowest BCUT2D eigenvalue weighted by Crippen LogP contribution is -2.41. The van der Waals surface area contributed by atoms with Crippen LogP contribution in [-0.4, -0.2) is 25.7 Å². The number of carbonyl (C=O) groups excluding carboxylic acids is 1. The summed E-state index contributed by atoms with van der Waals surface area (Å²) < 4.78 is 5.98. The highest BCUT2D eigenvalue weighted by Crippen LogP contribution is 2.16. The monoisotopic (exact) mass is 300 g/mol. The van der Waals surface area contributed by atoms with Crippen LogP contribution in [0, 0.1) is 0 Å². The second kappa shape index (κ2) is 6.74. The molecule has 0 bridgehead atoms. The molecular formula is C12H17BrN2O2. The summed E-state index contributed by atoms with van der Waals surface area (Å²) in [6.45, 7) is 2.10. The van der Waals surface area contributed by atoms with Crippen LogP contribution in [0.5, 0.6) is 0 Å². The summed E-state index contributed by atoms with van der Waals surface area (Å²) in [4.78, 5) is 11.7. The van der Waals surface area contributed by atoms with Crippen LogP contribution in [0.4, 0.5) is 0 Å². The Bertz CT molecular complexity index is 363. The van der Waals surface area contributed by atoms with Crippen LogP contribution < -0.4 is 11.1 Å². The first-order valence-corrected chi connectivity index (χ1v) is 6.16. The van der Waals surface area contributed by atoms with Crippen molar-refractivity contribution in [3.63, 3.8) is 0 Å². The van der Waals surface area contributed by atoms with Crippen LogP contribution in [-0.2, 0) is 9.53 Å². The first-order chi connectivity index (χ1) is 8.08. The number of ether oxygens (including phenoxy) is 1. The molecule has 1 rings (SSSR count). The van der Waals surface area contributed by atoms with E-state index in [4.69, 9.17) is 10.5 Å². The number of rotatable bonds is 5. The topological polar surface area (TPSA) is 64.3 Å². The normalized spacial score (nSPS) is 14.1. The van der Waals surface area contributed by atoms with Gasteiger partial charge in [0.25, 0.3) is 5.91 Å². The zero-order valence-electron chi connectivity index (χ0n) is 9.94. The Morgan fingerprint density at radius 3 is 2.53 bits per heavy atom. The largest absolute Gasteiger partial charge is 0.370 e. The van der Waals surface area contributed by atoms with Gasteiger partial charge in [0.2, 0.25) is 0 Å². The SMILES string of the molecule is COC(CN)C(=O)N[C@@H](C)c1ccc(Br)cc1. The molecule has 17 heavy (non-hydrogen) atoms. The Labute approximate surface area is 110 Å². The number of methoxy groups -OCH3 is 1. The molecule has 1 unspecified atom stereocenters. The molecule has 3 N–H and O–H groups in total. The second-order valence-corrected chi connectivity index (χ2v) is 4.66. The molecule has 1 amide bonds. The van der Waals surface area contributed by atoms with E-state index in [0.717, 1.165) is 10.0 Å². The van der Waals surface area contributed by atoms with E-state index in [1.54, 1.807) is 0 Å². The van der Waals surface area contributed by atoms with Gasteiger partial charge in [0.15, 0.2) is 0 Å². The number of nitrogens with one attached hydrogen (secondary N) is 1. The Hall–Kier alpha value is -0.910. The molecule has 0 aliphatic heterocycles. The Kier molecular flexibility index (Phi) is 5.61. The van der Waals surface area contributed by atoms with Crippen LogP contribution in [0.1, 0.15) is 18.5 Å². The number of benzene rings is 1. The van der Waals surface area contributed by atoms with Gasteiger partial charge >= 0.3 is 0 Å². The fourth-order valence-electron chi connectivity index (χ4n) is 1.45. The van der Waals surface area contributed by atoms with Gasteiger partial charge in [0.05, 0.1) is 6.04 Å². The molecule has 0 saturated heterocycles. The Morgan fingerprint density at radius 1 is 1.47 bits per heavy atom. The standard InChI is InChI=1S/C12H17BrN2O2/c1-8(9-3-5-10(13)6-4-9)15-12(16)11(7-14)17-2/h3-6,8,11H,7,14H2,1-2H3,(H,15,16)/t8-,11?/m0/s1. The smallest absolute Gasteiger partial charge is 0.250 e. The van der Waals surface area contributed by atoms with Gasteiger partial charge in [-0.1, -0.05) is 28.1 Å². The third-order valence-electron chi connectivity index (χ3n) is 2.52. The Balaban J connectivity index is 2.62. The zero-order valence-corrected chi connectivity index (χ0v) is 11.5. The zero-order chi connectivity index (χ0) is 12.8. The maximum atomic E-state index is 11.7. The highest BCUT2D eigenvalue weighted by molar-refractivity contribution is 9.10. The quantitative estimate of drug-likeness (QED) is 0.868. The van der Waals surface area contributed by atoms with Gasteiger partial charge in [-0.25, -0.2) is 0 Å². The number of nitrogens with two attached hydrogens (primary N) is 1. The number of hydrogen-bond donors (Lipinski definition) is 2. The van der Waals surface area contributed by atoms with Gasteiger partial charge in [0.1, 0.15) is 6.10 Å². The van der Waals surface area contributed by atoms with Crippen molar-refractivity contribution in [3.05, 3.63) is 34.3 Å². The van der Waals surface area contributed by atoms with E-state index in [1.807, 2.05) is 31.2 Å². The summed E-state index contributed by atoms with van der Waals surface area (Å²) in [7, 11) is 1.47. The predicted octanol–water partition coefficient (Wildman–Crippen LogP) is 1.60. The average molecular weight is 301 g/mol. The molecule has 1 aromatic rings. The molecule has 0 aromatic heterocycles. The van der Waals surface area contributed by atoms with Gasteiger partial charge in [0, 0.05) is 18.1 Å². The van der Waals surface area contributed by atoms with E-state index in [9.17, 15) is 4.79 Å². The highest BCUT2D eigenvalue weighted by Gasteiger charge is 2.18. The molecule has 0 aliphatic carbocycles. The number of halogens is 1. The van der Waals surface area contributed by atoms with Crippen LogP contribution in [0.3, 0.4) is 0 Å². The molecule has 2 atom stereocenters. The summed E-state index contributed by atoms with van der Waals surface area (Å²) in [6.07, 6.45) is -0.590. The van der Waals surface area contributed by atoms with Crippen LogP contribution in [0.25, 0.3) is 0 Å². The van der Waals surface area contributed by atoms with Crippen LogP contribution in [0.2, 0.25) is 0 Å². The average Bonchev–Trinajstić information content (AvgIpc) is 2.31. The van der Waals surface area contributed by atoms with Crippen molar-refractivity contribution < 1.29 is 9.53 Å². The van der Waals surface area contributed by atoms with E-state index in [-0.39, 0.29) is 18.5 Å². The van der Waals surface area contributed by atoms with Crippen molar-refractivity contribution in [1.29, 1.82) is 0 Å². The fraction of sp³-hybridized carbons (Fsp3) is 0.417. The maximum Gasteiger partial charge on any atom is 0.250 e. The molecule has 0 fully saturated rings. The molecular weight excluding hydrogens is 284 g/mol. The van der Waals surface area contributed by atoms with Crippen molar-refractivity contribution >= 4 is 21.8 Å². The molecule has 5 heteroatoms. The van der Waals surface area contributed by atoms with E-state index in [0.29, 0.717) is 0 Å². The lowest BCUT2D eigenvalue weighted by Gasteiger charge is -2.18.